The van der Waals surface area contributed by atoms with Gasteiger partial charge in [-0.15, -0.1) is 0 Å². The van der Waals surface area contributed by atoms with E-state index in [0.29, 0.717) is 49.8 Å². The molecule has 2 aromatic rings. The Bertz CT molecular complexity index is 924. The van der Waals surface area contributed by atoms with Gasteiger partial charge in [0, 0.05) is 43.3 Å². The molecular formula is C21H27N7O2S. The van der Waals surface area contributed by atoms with Crippen LogP contribution in [0.25, 0.3) is 0 Å². The number of benzene rings is 1. The number of piperazine rings is 1. The first-order valence-electron chi connectivity index (χ1n) is 10.1. The smallest absolute Gasteiger partial charge is 0.409 e. The summed E-state index contributed by atoms with van der Waals surface area (Å²) in [5.41, 5.74) is 2.56. The molecule has 0 saturated carbocycles. The van der Waals surface area contributed by atoms with E-state index in [-0.39, 0.29) is 6.09 Å². The van der Waals surface area contributed by atoms with Gasteiger partial charge in [-0.25, -0.2) is 14.8 Å². The van der Waals surface area contributed by atoms with Crippen LogP contribution in [0.5, 0.6) is 0 Å². The van der Waals surface area contributed by atoms with Crippen molar-refractivity contribution in [1.29, 1.82) is 0 Å². The van der Waals surface area contributed by atoms with Crippen molar-refractivity contribution in [3.8, 4) is 0 Å². The monoisotopic (exact) mass is 441 g/mol. The number of aromatic nitrogens is 2. The predicted octanol–water partition coefficient (Wildman–Crippen LogP) is 3.03. The minimum Gasteiger partial charge on any atom is -0.450 e. The van der Waals surface area contributed by atoms with Gasteiger partial charge in [0.25, 0.3) is 0 Å². The van der Waals surface area contributed by atoms with Gasteiger partial charge in [0.15, 0.2) is 0 Å². The average Bonchev–Trinajstić information content (AvgIpc) is 2.73. The number of anilines is 2. The summed E-state index contributed by atoms with van der Waals surface area (Å²) in [5.74, 6) is 0.980. The number of carbonyl (C=O) groups is 1. The number of carbonyl (C=O) groups excluding carboxylic acids is 1. The number of thiocarbonyl (C=S) groups is 1. The highest BCUT2D eigenvalue weighted by atomic mass is 32.1. The molecule has 0 aliphatic carbocycles. The van der Waals surface area contributed by atoms with Gasteiger partial charge in [-0.05, 0) is 51.2 Å². The van der Waals surface area contributed by atoms with Crippen LogP contribution in [0.3, 0.4) is 0 Å². The van der Waals surface area contributed by atoms with E-state index in [9.17, 15) is 4.79 Å². The van der Waals surface area contributed by atoms with Crippen molar-refractivity contribution in [1.82, 2.24) is 19.8 Å². The lowest BCUT2D eigenvalue weighted by Crippen LogP contribution is -2.52. The van der Waals surface area contributed by atoms with Gasteiger partial charge >= 0.3 is 6.09 Å². The highest BCUT2D eigenvalue weighted by molar-refractivity contribution is 7.80. The van der Waals surface area contributed by atoms with Crippen molar-refractivity contribution < 1.29 is 9.53 Å². The number of hydrogen-bond acceptors (Lipinski definition) is 5. The number of guanidine groups is 1. The Morgan fingerprint density at radius 3 is 2.29 bits per heavy atom. The van der Waals surface area contributed by atoms with Crippen molar-refractivity contribution >= 4 is 41.0 Å². The van der Waals surface area contributed by atoms with Gasteiger partial charge in [0.2, 0.25) is 17.0 Å². The summed E-state index contributed by atoms with van der Waals surface area (Å²) >= 11 is 5.46. The van der Waals surface area contributed by atoms with Crippen LogP contribution in [0.15, 0.2) is 41.4 Å². The minimum atomic E-state index is -0.299. The molecule has 1 saturated heterocycles. The molecule has 0 bridgehead atoms. The van der Waals surface area contributed by atoms with E-state index in [1.807, 2.05) is 55.1 Å². The molecular weight excluding hydrogens is 414 g/mol. The van der Waals surface area contributed by atoms with E-state index in [4.69, 9.17) is 17.0 Å². The molecule has 31 heavy (non-hydrogen) atoms. The van der Waals surface area contributed by atoms with E-state index < -0.39 is 0 Å². The van der Waals surface area contributed by atoms with Gasteiger partial charge in [-0.1, -0.05) is 18.2 Å². The van der Waals surface area contributed by atoms with Gasteiger partial charge in [-0.3, -0.25) is 5.32 Å². The van der Waals surface area contributed by atoms with E-state index >= 15 is 0 Å². The number of amides is 1. The fraction of sp³-hybridized carbons (Fsp3) is 0.381. The molecule has 1 aliphatic heterocycles. The molecule has 10 heteroatoms. The van der Waals surface area contributed by atoms with Gasteiger partial charge < -0.3 is 19.9 Å². The molecule has 2 heterocycles. The molecule has 1 amide bonds. The number of hydrogen-bond donors (Lipinski definition) is 2. The maximum absolute atomic E-state index is 12.0. The third-order valence-corrected chi connectivity index (χ3v) is 4.74. The van der Waals surface area contributed by atoms with Crippen LogP contribution in [0, 0.1) is 13.8 Å². The molecule has 3 rings (SSSR count). The zero-order valence-corrected chi connectivity index (χ0v) is 18.8. The molecule has 9 nitrogen and oxygen atoms in total. The fourth-order valence-corrected chi connectivity index (χ4v) is 3.35. The second-order valence-electron chi connectivity index (χ2n) is 7.00. The Balaban J connectivity index is 1.77. The third-order valence-electron chi connectivity index (χ3n) is 4.54. The number of aliphatic imine (C=N–C) groups is 1. The van der Waals surface area contributed by atoms with E-state index in [0.717, 1.165) is 17.1 Å². The van der Waals surface area contributed by atoms with Gasteiger partial charge in [0.1, 0.15) is 0 Å². The van der Waals surface area contributed by atoms with Gasteiger partial charge in [0.05, 0.1) is 6.61 Å². The number of nitrogens with one attached hydrogen (secondary N) is 2. The van der Waals surface area contributed by atoms with Crippen molar-refractivity contribution in [2.45, 2.75) is 20.8 Å². The molecule has 0 atom stereocenters. The second-order valence-corrected chi connectivity index (χ2v) is 7.39. The summed E-state index contributed by atoms with van der Waals surface area (Å²) in [4.78, 5) is 29.2. The summed E-state index contributed by atoms with van der Waals surface area (Å²) in [7, 11) is 0. The van der Waals surface area contributed by atoms with Crippen LogP contribution in [-0.4, -0.2) is 69.7 Å². The van der Waals surface area contributed by atoms with Gasteiger partial charge in [-0.2, -0.15) is 4.99 Å². The van der Waals surface area contributed by atoms with Crippen LogP contribution in [0.1, 0.15) is 18.3 Å². The Morgan fingerprint density at radius 2 is 1.68 bits per heavy atom. The number of rotatable bonds is 3. The zero-order valence-electron chi connectivity index (χ0n) is 18.0. The Hall–Kier alpha value is -3.27. The summed E-state index contributed by atoms with van der Waals surface area (Å²) in [6.45, 7) is 8.17. The second kappa shape index (κ2) is 10.7. The quantitative estimate of drug-likeness (QED) is 0.426. The standard InChI is InChI=1S/C21H27N7O2S/c1-4-30-21(29)28-12-10-27(11-13-28)19(25-18-22-15(2)14-16(3)23-18)26-20(31)24-17-8-6-5-7-9-17/h5-9,14H,4,10-13H2,1-3H3,(H2,22,23,24,25,26,31). The lowest BCUT2D eigenvalue weighted by Gasteiger charge is -2.35. The lowest BCUT2D eigenvalue weighted by molar-refractivity contribution is 0.0920. The number of nitrogens with zero attached hydrogens (tertiary/aromatic N) is 5. The molecule has 1 aromatic heterocycles. The molecule has 2 N–H and O–H groups in total. The first-order valence-corrected chi connectivity index (χ1v) is 10.6. The predicted molar refractivity (Wildman–Crippen MR) is 125 cm³/mol. The third kappa shape index (κ3) is 6.61. The Kier molecular flexibility index (Phi) is 7.71. The van der Waals surface area contributed by atoms with Crippen LogP contribution in [0.2, 0.25) is 0 Å². The largest absolute Gasteiger partial charge is 0.450 e. The van der Waals surface area contributed by atoms with E-state index in [1.165, 1.54) is 0 Å². The maximum atomic E-state index is 12.0. The Morgan fingerprint density at radius 1 is 1.06 bits per heavy atom. The van der Waals surface area contributed by atoms with Crippen LogP contribution in [-0.2, 0) is 4.74 Å². The topological polar surface area (TPSA) is 95.0 Å². The Labute approximate surface area is 187 Å². The summed E-state index contributed by atoms with van der Waals surface area (Å²) in [6.07, 6.45) is -0.299. The first kappa shape index (κ1) is 22.4. The fourth-order valence-electron chi connectivity index (χ4n) is 3.14. The number of ether oxygens (including phenoxy) is 1. The molecule has 1 fully saturated rings. The maximum Gasteiger partial charge on any atom is 0.409 e. The SMILES string of the molecule is CCOC(=O)N1CCN(/C(=N\C(=S)Nc2ccccc2)Nc2nc(C)cc(C)n2)CC1. The van der Waals surface area contributed by atoms with Crippen molar-refractivity contribution in [3.05, 3.63) is 47.8 Å². The molecule has 0 radical (unpaired) electrons. The minimum absolute atomic E-state index is 0.299. The molecule has 164 valence electrons. The molecule has 1 aliphatic rings. The lowest BCUT2D eigenvalue weighted by atomic mass is 10.3. The van der Waals surface area contributed by atoms with Crippen molar-refractivity contribution in [2.75, 3.05) is 43.4 Å². The molecule has 1 aromatic carbocycles. The van der Waals surface area contributed by atoms with Crippen molar-refractivity contribution in [2.24, 2.45) is 4.99 Å². The molecule has 0 unspecified atom stereocenters. The highest BCUT2D eigenvalue weighted by Gasteiger charge is 2.24. The zero-order chi connectivity index (χ0) is 22.2. The van der Waals surface area contributed by atoms with E-state index in [1.54, 1.807) is 11.8 Å². The van der Waals surface area contributed by atoms with Crippen molar-refractivity contribution in [3.63, 3.8) is 0 Å². The summed E-state index contributed by atoms with van der Waals surface area (Å²) < 4.78 is 5.10. The highest BCUT2D eigenvalue weighted by Crippen LogP contribution is 2.11. The van der Waals surface area contributed by atoms with Crippen LogP contribution < -0.4 is 10.6 Å². The normalized spacial score (nSPS) is 14.2. The summed E-state index contributed by atoms with van der Waals surface area (Å²) in [6, 6.07) is 11.5. The molecule has 0 spiro atoms. The number of para-hydroxylation sites is 1. The average molecular weight is 442 g/mol. The first-order chi connectivity index (χ1) is 14.9. The summed E-state index contributed by atoms with van der Waals surface area (Å²) in [5, 5.41) is 6.63. The van der Waals surface area contributed by atoms with Crippen LogP contribution in [0.4, 0.5) is 16.4 Å². The van der Waals surface area contributed by atoms with Crippen LogP contribution >= 0.6 is 12.2 Å². The van der Waals surface area contributed by atoms with E-state index in [2.05, 4.69) is 25.6 Å². The number of aryl methyl sites for hydroxylation is 2.